The van der Waals surface area contributed by atoms with Gasteiger partial charge in [-0.3, -0.25) is 0 Å². The van der Waals surface area contributed by atoms with Crippen LogP contribution in [-0.4, -0.2) is 18.4 Å². The van der Waals surface area contributed by atoms with Gasteiger partial charge < -0.3 is 0 Å². The number of nitrogens with one attached hydrogen (secondary N) is 1. The van der Waals surface area contributed by atoms with Gasteiger partial charge in [-0.2, -0.15) is 0 Å². The minimum Gasteiger partial charge on any atom is -0.244 e. The SMILES string of the molecule is C[C@@H](NS(=O)(=O)c1ccccc1)c1ccc(-c2cncnc2)cc1. The van der Waals surface area contributed by atoms with Crippen molar-refractivity contribution in [1.29, 1.82) is 0 Å². The van der Waals surface area contributed by atoms with Crippen LogP contribution in [0.15, 0.2) is 78.2 Å². The van der Waals surface area contributed by atoms with Crippen LogP contribution in [0.4, 0.5) is 0 Å². The molecular formula is C18H17N3O2S. The first-order valence-electron chi connectivity index (χ1n) is 7.49. The molecule has 1 heterocycles. The van der Waals surface area contributed by atoms with Gasteiger partial charge >= 0.3 is 0 Å². The molecule has 5 nitrogen and oxygen atoms in total. The summed E-state index contributed by atoms with van der Waals surface area (Å²) in [4.78, 5) is 8.25. The van der Waals surface area contributed by atoms with E-state index in [0.717, 1.165) is 16.7 Å². The Morgan fingerprint density at radius 2 is 1.50 bits per heavy atom. The second-order valence-electron chi connectivity index (χ2n) is 5.41. The van der Waals surface area contributed by atoms with E-state index >= 15 is 0 Å². The van der Waals surface area contributed by atoms with Crippen molar-refractivity contribution in [2.75, 3.05) is 0 Å². The van der Waals surface area contributed by atoms with Crippen LogP contribution in [0.3, 0.4) is 0 Å². The molecule has 2 aromatic carbocycles. The molecule has 0 saturated carbocycles. The number of sulfonamides is 1. The van der Waals surface area contributed by atoms with Gasteiger partial charge in [0.15, 0.2) is 0 Å². The average Bonchev–Trinajstić information content (AvgIpc) is 2.63. The summed E-state index contributed by atoms with van der Waals surface area (Å²) in [5.41, 5.74) is 2.79. The molecule has 6 heteroatoms. The van der Waals surface area contributed by atoms with Crippen molar-refractivity contribution in [3.8, 4) is 11.1 Å². The highest BCUT2D eigenvalue weighted by molar-refractivity contribution is 7.89. The largest absolute Gasteiger partial charge is 0.244 e. The van der Waals surface area contributed by atoms with E-state index in [2.05, 4.69) is 14.7 Å². The predicted molar refractivity (Wildman–Crippen MR) is 92.6 cm³/mol. The summed E-state index contributed by atoms with van der Waals surface area (Å²) in [6.07, 6.45) is 4.96. The molecule has 0 amide bonds. The molecular weight excluding hydrogens is 322 g/mol. The third-order valence-electron chi connectivity index (χ3n) is 3.69. The van der Waals surface area contributed by atoms with Crippen LogP contribution in [0.25, 0.3) is 11.1 Å². The van der Waals surface area contributed by atoms with E-state index < -0.39 is 10.0 Å². The van der Waals surface area contributed by atoms with Gasteiger partial charge in [0.05, 0.1) is 4.90 Å². The summed E-state index contributed by atoms with van der Waals surface area (Å²) in [5, 5.41) is 0. The molecule has 3 aromatic rings. The van der Waals surface area contributed by atoms with Crippen LogP contribution in [0.2, 0.25) is 0 Å². The highest BCUT2D eigenvalue weighted by Crippen LogP contribution is 2.22. The van der Waals surface area contributed by atoms with E-state index in [-0.39, 0.29) is 10.9 Å². The van der Waals surface area contributed by atoms with Crippen molar-refractivity contribution < 1.29 is 8.42 Å². The molecule has 0 radical (unpaired) electrons. The Kier molecular flexibility index (Phi) is 4.69. The van der Waals surface area contributed by atoms with Gasteiger partial charge in [-0.15, -0.1) is 0 Å². The van der Waals surface area contributed by atoms with Crippen molar-refractivity contribution in [3.63, 3.8) is 0 Å². The number of rotatable bonds is 5. The highest BCUT2D eigenvalue weighted by Gasteiger charge is 2.17. The lowest BCUT2D eigenvalue weighted by molar-refractivity contribution is 0.567. The van der Waals surface area contributed by atoms with Crippen LogP contribution in [0.5, 0.6) is 0 Å². The van der Waals surface area contributed by atoms with E-state index in [0.29, 0.717) is 0 Å². The minimum absolute atomic E-state index is 0.259. The second-order valence-corrected chi connectivity index (χ2v) is 7.12. The van der Waals surface area contributed by atoms with Gasteiger partial charge in [-0.05, 0) is 30.2 Å². The lowest BCUT2D eigenvalue weighted by Gasteiger charge is -2.15. The fourth-order valence-corrected chi connectivity index (χ4v) is 3.63. The second kappa shape index (κ2) is 6.90. The molecule has 0 spiro atoms. The fraction of sp³-hybridized carbons (Fsp3) is 0.111. The van der Waals surface area contributed by atoms with Crippen molar-refractivity contribution >= 4 is 10.0 Å². The Bertz CT molecular complexity index is 896. The predicted octanol–water partition coefficient (Wildman–Crippen LogP) is 3.18. The maximum atomic E-state index is 12.4. The normalized spacial score (nSPS) is 12.7. The third-order valence-corrected chi connectivity index (χ3v) is 5.25. The molecule has 0 aliphatic heterocycles. The fourth-order valence-electron chi connectivity index (χ4n) is 2.38. The maximum absolute atomic E-state index is 12.4. The Morgan fingerprint density at radius 3 is 2.12 bits per heavy atom. The molecule has 0 fully saturated rings. The standard InChI is InChI=1S/C18H17N3O2S/c1-14(21-24(22,23)18-5-3-2-4-6-18)15-7-9-16(10-8-15)17-11-19-13-20-12-17/h2-14,21H,1H3/t14-/m1/s1. The van der Waals surface area contributed by atoms with E-state index in [9.17, 15) is 8.42 Å². The molecule has 1 N–H and O–H groups in total. The topological polar surface area (TPSA) is 72.0 Å². The summed E-state index contributed by atoms with van der Waals surface area (Å²) in [5.74, 6) is 0. The lowest BCUT2D eigenvalue weighted by atomic mass is 10.0. The first-order chi connectivity index (χ1) is 11.6. The number of hydrogen-bond acceptors (Lipinski definition) is 4. The molecule has 0 aliphatic rings. The number of nitrogens with zero attached hydrogens (tertiary/aromatic N) is 2. The van der Waals surface area contributed by atoms with Crippen molar-refractivity contribution in [3.05, 3.63) is 78.9 Å². The van der Waals surface area contributed by atoms with Gasteiger partial charge in [0.1, 0.15) is 6.33 Å². The zero-order chi connectivity index (χ0) is 17.0. The molecule has 0 saturated heterocycles. The summed E-state index contributed by atoms with van der Waals surface area (Å²) in [6, 6.07) is 15.7. The summed E-state index contributed by atoms with van der Waals surface area (Å²) < 4.78 is 27.4. The Hall–Kier alpha value is -2.57. The third kappa shape index (κ3) is 3.67. The smallest absolute Gasteiger partial charge is 0.241 e. The van der Waals surface area contributed by atoms with Gasteiger partial charge in [-0.25, -0.2) is 23.1 Å². The van der Waals surface area contributed by atoms with Crippen LogP contribution in [0.1, 0.15) is 18.5 Å². The molecule has 122 valence electrons. The van der Waals surface area contributed by atoms with E-state index in [1.165, 1.54) is 6.33 Å². The summed E-state index contributed by atoms with van der Waals surface area (Å²) in [6.45, 7) is 1.82. The zero-order valence-electron chi connectivity index (χ0n) is 13.1. The quantitative estimate of drug-likeness (QED) is 0.775. The van der Waals surface area contributed by atoms with Crippen LogP contribution < -0.4 is 4.72 Å². The maximum Gasteiger partial charge on any atom is 0.241 e. The minimum atomic E-state index is -3.54. The molecule has 0 bridgehead atoms. The summed E-state index contributed by atoms with van der Waals surface area (Å²) >= 11 is 0. The first-order valence-corrected chi connectivity index (χ1v) is 8.97. The summed E-state index contributed by atoms with van der Waals surface area (Å²) in [7, 11) is -3.54. The van der Waals surface area contributed by atoms with Crippen LogP contribution >= 0.6 is 0 Å². The Labute approximate surface area is 141 Å². The molecule has 0 unspecified atom stereocenters. The van der Waals surface area contributed by atoms with Crippen molar-refractivity contribution in [2.24, 2.45) is 0 Å². The van der Waals surface area contributed by atoms with Gasteiger partial charge in [-0.1, -0.05) is 42.5 Å². The van der Waals surface area contributed by atoms with Crippen molar-refractivity contribution in [1.82, 2.24) is 14.7 Å². The van der Waals surface area contributed by atoms with E-state index in [4.69, 9.17) is 0 Å². The molecule has 1 atom stereocenters. The highest BCUT2D eigenvalue weighted by atomic mass is 32.2. The first kappa shape index (κ1) is 16.3. The van der Waals surface area contributed by atoms with Gasteiger partial charge in [0.25, 0.3) is 0 Å². The van der Waals surface area contributed by atoms with Gasteiger partial charge in [0.2, 0.25) is 10.0 Å². The van der Waals surface area contributed by atoms with Gasteiger partial charge in [0, 0.05) is 24.0 Å². The number of aromatic nitrogens is 2. The molecule has 0 aliphatic carbocycles. The van der Waals surface area contributed by atoms with E-state index in [1.807, 2.05) is 31.2 Å². The van der Waals surface area contributed by atoms with Crippen LogP contribution in [0, 0.1) is 0 Å². The number of benzene rings is 2. The monoisotopic (exact) mass is 339 g/mol. The lowest BCUT2D eigenvalue weighted by Crippen LogP contribution is -2.26. The van der Waals surface area contributed by atoms with Crippen molar-refractivity contribution in [2.45, 2.75) is 17.9 Å². The van der Waals surface area contributed by atoms with E-state index in [1.54, 1.807) is 42.7 Å². The zero-order valence-corrected chi connectivity index (χ0v) is 13.9. The molecule has 1 aromatic heterocycles. The van der Waals surface area contributed by atoms with Crippen LogP contribution in [-0.2, 0) is 10.0 Å². The molecule has 24 heavy (non-hydrogen) atoms. The number of hydrogen-bond donors (Lipinski definition) is 1. The Balaban J connectivity index is 1.77. The Morgan fingerprint density at radius 1 is 0.875 bits per heavy atom. The average molecular weight is 339 g/mol. The molecule has 3 rings (SSSR count).